The average molecular weight is 326 g/mol. The number of hydrogen-bond donors (Lipinski definition) is 2. The molecule has 0 heterocycles. The number of carbonyl (C=O) groups is 1. The number of carboxylic acid groups (broad SMARTS) is 1. The molecule has 5 nitrogen and oxygen atoms in total. The normalized spacial score (nSPS) is 14.9. The molecule has 0 aliphatic rings. The molecule has 0 amide bonds. The van der Waals surface area contributed by atoms with E-state index in [-0.39, 0.29) is 14.9 Å². The standard InChI is InChI=1S/C11H13Cl2NO4S/c1-6(11(15)16)7(2)14-19(17,18)8-3-4-9(12)10(13)5-8/h3-7,14H,1-2H3,(H,15,16). The molecule has 8 heteroatoms. The number of halogens is 2. The Bertz CT molecular complexity index is 588. The van der Waals surface area contributed by atoms with E-state index in [0.29, 0.717) is 0 Å². The third-order valence-electron chi connectivity index (χ3n) is 2.68. The van der Waals surface area contributed by atoms with Crippen molar-refractivity contribution in [3.63, 3.8) is 0 Å². The molecule has 0 aliphatic carbocycles. The molecule has 106 valence electrons. The molecule has 19 heavy (non-hydrogen) atoms. The Balaban J connectivity index is 2.98. The van der Waals surface area contributed by atoms with Crippen LogP contribution in [0, 0.1) is 5.92 Å². The number of nitrogens with one attached hydrogen (secondary N) is 1. The topological polar surface area (TPSA) is 83.5 Å². The van der Waals surface area contributed by atoms with E-state index < -0.39 is 28.0 Å². The van der Waals surface area contributed by atoms with E-state index in [0.717, 1.165) is 0 Å². The van der Waals surface area contributed by atoms with Crippen LogP contribution in [0.2, 0.25) is 10.0 Å². The minimum Gasteiger partial charge on any atom is -0.481 e. The first kappa shape index (κ1) is 16.2. The van der Waals surface area contributed by atoms with Gasteiger partial charge in [-0.25, -0.2) is 13.1 Å². The summed E-state index contributed by atoms with van der Waals surface area (Å²) < 4.78 is 26.3. The van der Waals surface area contributed by atoms with E-state index in [9.17, 15) is 13.2 Å². The van der Waals surface area contributed by atoms with Gasteiger partial charge in [0.2, 0.25) is 10.0 Å². The van der Waals surface area contributed by atoms with E-state index in [1.165, 1.54) is 32.0 Å². The molecule has 1 aromatic rings. The van der Waals surface area contributed by atoms with E-state index in [1.807, 2.05) is 0 Å². The zero-order valence-corrected chi connectivity index (χ0v) is 12.6. The molecular weight excluding hydrogens is 313 g/mol. The average Bonchev–Trinajstić information content (AvgIpc) is 2.30. The molecule has 0 saturated heterocycles. The molecule has 0 fully saturated rings. The summed E-state index contributed by atoms with van der Waals surface area (Å²) in [6.07, 6.45) is 0. The summed E-state index contributed by atoms with van der Waals surface area (Å²) in [6.45, 7) is 2.90. The van der Waals surface area contributed by atoms with Gasteiger partial charge in [0, 0.05) is 6.04 Å². The number of aliphatic carboxylic acids is 1. The highest BCUT2D eigenvalue weighted by Crippen LogP contribution is 2.25. The lowest BCUT2D eigenvalue weighted by atomic mass is 10.1. The van der Waals surface area contributed by atoms with Gasteiger partial charge >= 0.3 is 5.97 Å². The zero-order valence-electron chi connectivity index (χ0n) is 10.2. The first-order valence-electron chi connectivity index (χ1n) is 5.35. The van der Waals surface area contributed by atoms with Gasteiger partial charge in [0.25, 0.3) is 0 Å². The van der Waals surface area contributed by atoms with Crippen LogP contribution in [0.4, 0.5) is 0 Å². The monoisotopic (exact) mass is 325 g/mol. The molecular formula is C11H13Cl2NO4S. The highest BCUT2D eigenvalue weighted by atomic mass is 35.5. The van der Waals surface area contributed by atoms with Crippen LogP contribution in [0.5, 0.6) is 0 Å². The fourth-order valence-electron chi connectivity index (χ4n) is 1.27. The van der Waals surface area contributed by atoms with Crippen molar-refractivity contribution in [3.05, 3.63) is 28.2 Å². The lowest BCUT2D eigenvalue weighted by Gasteiger charge is -2.18. The van der Waals surface area contributed by atoms with Crippen LogP contribution in [-0.4, -0.2) is 25.5 Å². The third kappa shape index (κ3) is 4.07. The first-order valence-corrected chi connectivity index (χ1v) is 7.59. The highest BCUT2D eigenvalue weighted by Gasteiger charge is 2.25. The summed E-state index contributed by atoms with van der Waals surface area (Å²) in [7, 11) is -3.83. The van der Waals surface area contributed by atoms with Crippen molar-refractivity contribution < 1.29 is 18.3 Å². The second kappa shape index (κ2) is 6.09. The largest absolute Gasteiger partial charge is 0.481 e. The fraction of sp³-hybridized carbons (Fsp3) is 0.364. The number of rotatable bonds is 5. The molecule has 1 aromatic carbocycles. The molecule has 0 spiro atoms. The van der Waals surface area contributed by atoms with Crippen LogP contribution in [-0.2, 0) is 14.8 Å². The van der Waals surface area contributed by atoms with E-state index in [2.05, 4.69) is 4.72 Å². The minimum absolute atomic E-state index is 0.0636. The minimum atomic E-state index is -3.83. The van der Waals surface area contributed by atoms with Crippen molar-refractivity contribution >= 4 is 39.2 Å². The third-order valence-corrected chi connectivity index (χ3v) is 4.98. The summed E-state index contributed by atoms with van der Waals surface area (Å²) in [4.78, 5) is 10.7. The Kier molecular flexibility index (Phi) is 5.20. The Morgan fingerprint density at radius 2 is 1.84 bits per heavy atom. The summed E-state index contributed by atoms with van der Waals surface area (Å²) in [5, 5.41) is 9.18. The smallest absolute Gasteiger partial charge is 0.307 e. The summed E-state index contributed by atoms with van der Waals surface area (Å²) in [5.74, 6) is -1.93. The van der Waals surface area contributed by atoms with Crippen molar-refractivity contribution in [1.29, 1.82) is 0 Å². The second-order valence-corrected chi connectivity index (χ2v) is 6.64. The van der Waals surface area contributed by atoms with Gasteiger partial charge < -0.3 is 5.11 Å². The maximum absolute atomic E-state index is 12.0. The number of carboxylic acids is 1. The van der Waals surface area contributed by atoms with Crippen LogP contribution in [0.15, 0.2) is 23.1 Å². The molecule has 2 N–H and O–H groups in total. The van der Waals surface area contributed by atoms with Crippen LogP contribution >= 0.6 is 23.2 Å². The molecule has 1 rings (SSSR count). The maximum Gasteiger partial charge on any atom is 0.307 e. The van der Waals surface area contributed by atoms with Crippen LogP contribution in [0.25, 0.3) is 0 Å². The van der Waals surface area contributed by atoms with E-state index in [1.54, 1.807) is 0 Å². The van der Waals surface area contributed by atoms with Crippen molar-refractivity contribution in [3.8, 4) is 0 Å². The van der Waals surface area contributed by atoms with Crippen molar-refractivity contribution in [1.82, 2.24) is 4.72 Å². The Morgan fingerprint density at radius 1 is 1.26 bits per heavy atom. The maximum atomic E-state index is 12.0. The predicted octanol–water partition coefficient (Wildman–Crippen LogP) is 2.38. The van der Waals surface area contributed by atoms with Gasteiger partial charge in [-0.05, 0) is 25.1 Å². The quantitative estimate of drug-likeness (QED) is 0.870. The summed E-state index contributed by atoms with van der Waals surface area (Å²) in [5.41, 5.74) is 0. The Morgan fingerprint density at radius 3 is 2.32 bits per heavy atom. The Hall–Kier alpha value is -0.820. The van der Waals surface area contributed by atoms with Gasteiger partial charge in [-0.2, -0.15) is 0 Å². The first-order chi connectivity index (χ1) is 8.65. The molecule has 0 aromatic heterocycles. The van der Waals surface area contributed by atoms with Gasteiger partial charge in [0.1, 0.15) is 0 Å². The molecule has 0 aliphatic heterocycles. The predicted molar refractivity (Wildman–Crippen MR) is 73.0 cm³/mol. The lowest BCUT2D eigenvalue weighted by Crippen LogP contribution is -2.39. The van der Waals surface area contributed by atoms with Gasteiger partial charge in [-0.3, -0.25) is 4.79 Å². The van der Waals surface area contributed by atoms with Crippen molar-refractivity contribution in [2.45, 2.75) is 24.8 Å². The van der Waals surface area contributed by atoms with E-state index >= 15 is 0 Å². The van der Waals surface area contributed by atoms with Gasteiger partial charge in [0.05, 0.1) is 20.9 Å². The van der Waals surface area contributed by atoms with E-state index in [4.69, 9.17) is 28.3 Å². The van der Waals surface area contributed by atoms with Crippen LogP contribution < -0.4 is 4.72 Å². The summed E-state index contributed by atoms with van der Waals surface area (Å²) >= 11 is 11.5. The second-order valence-electron chi connectivity index (χ2n) is 4.11. The van der Waals surface area contributed by atoms with Gasteiger partial charge in [-0.1, -0.05) is 30.1 Å². The van der Waals surface area contributed by atoms with Gasteiger partial charge in [0.15, 0.2) is 0 Å². The lowest BCUT2D eigenvalue weighted by molar-refractivity contribution is -0.141. The molecule has 0 saturated carbocycles. The highest BCUT2D eigenvalue weighted by molar-refractivity contribution is 7.89. The number of sulfonamides is 1. The van der Waals surface area contributed by atoms with Crippen molar-refractivity contribution in [2.75, 3.05) is 0 Å². The zero-order chi connectivity index (χ0) is 14.8. The van der Waals surface area contributed by atoms with Gasteiger partial charge in [-0.15, -0.1) is 0 Å². The Labute approximate surface area is 121 Å². The fourth-order valence-corrected chi connectivity index (χ4v) is 2.99. The molecule has 2 atom stereocenters. The van der Waals surface area contributed by atoms with Crippen LogP contribution in [0.1, 0.15) is 13.8 Å². The number of benzene rings is 1. The summed E-state index contributed by atoms with van der Waals surface area (Å²) in [6, 6.07) is 3.12. The molecule has 0 radical (unpaired) electrons. The van der Waals surface area contributed by atoms with Crippen LogP contribution in [0.3, 0.4) is 0 Å². The number of hydrogen-bond acceptors (Lipinski definition) is 3. The molecule has 0 bridgehead atoms. The SMILES string of the molecule is CC(NS(=O)(=O)c1ccc(Cl)c(Cl)c1)C(C)C(=O)O. The van der Waals surface area contributed by atoms with Crippen molar-refractivity contribution in [2.24, 2.45) is 5.92 Å². The molecule has 2 unspecified atom stereocenters.